The first-order valence-electron chi connectivity index (χ1n) is 12.2. The van der Waals surface area contributed by atoms with E-state index in [-0.39, 0.29) is 17.8 Å². The van der Waals surface area contributed by atoms with Crippen LogP contribution in [0.15, 0.2) is 24.3 Å². The highest BCUT2D eigenvalue weighted by Crippen LogP contribution is 2.23. The summed E-state index contributed by atoms with van der Waals surface area (Å²) in [6.45, 7) is 0.537. The predicted molar refractivity (Wildman–Crippen MR) is 123 cm³/mol. The summed E-state index contributed by atoms with van der Waals surface area (Å²) in [5.74, 6) is -0.369. The van der Waals surface area contributed by atoms with Gasteiger partial charge in [-0.1, -0.05) is 89.2 Å². The zero-order valence-electron chi connectivity index (χ0n) is 19.2. The van der Waals surface area contributed by atoms with Crippen LogP contribution in [0.5, 0.6) is 0 Å². The van der Waals surface area contributed by atoms with Crippen molar-refractivity contribution < 1.29 is 19.1 Å². The number of unbranched alkanes of at least 4 members (excludes halogenated alkanes) is 13. The number of methoxy groups -OCH3 is 1. The van der Waals surface area contributed by atoms with Gasteiger partial charge in [-0.2, -0.15) is 0 Å². The molecule has 31 heavy (non-hydrogen) atoms. The van der Waals surface area contributed by atoms with Gasteiger partial charge in [0.1, 0.15) is 0 Å². The first-order valence-corrected chi connectivity index (χ1v) is 12.2. The second-order valence-corrected chi connectivity index (χ2v) is 8.58. The van der Waals surface area contributed by atoms with Gasteiger partial charge in [0.25, 0.3) is 11.8 Å². The van der Waals surface area contributed by atoms with Crippen LogP contribution in [0.3, 0.4) is 0 Å². The number of benzene rings is 1. The molecular weight excluding hydrogens is 390 g/mol. The number of imide groups is 1. The van der Waals surface area contributed by atoms with Gasteiger partial charge in [-0.3, -0.25) is 19.3 Å². The Morgan fingerprint density at radius 1 is 0.677 bits per heavy atom. The maximum Gasteiger partial charge on any atom is 0.305 e. The van der Waals surface area contributed by atoms with Crippen molar-refractivity contribution in [2.75, 3.05) is 13.7 Å². The topological polar surface area (TPSA) is 63.7 Å². The van der Waals surface area contributed by atoms with Crippen LogP contribution in [0.25, 0.3) is 0 Å². The average molecular weight is 430 g/mol. The molecule has 0 saturated carbocycles. The molecule has 0 unspecified atom stereocenters. The zero-order chi connectivity index (χ0) is 22.3. The van der Waals surface area contributed by atoms with Gasteiger partial charge in [0.2, 0.25) is 0 Å². The van der Waals surface area contributed by atoms with E-state index in [9.17, 15) is 14.4 Å². The second kappa shape index (κ2) is 14.8. The lowest BCUT2D eigenvalue weighted by Crippen LogP contribution is -2.30. The number of rotatable bonds is 17. The normalized spacial score (nSPS) is 13.0. The fourth-order valence-electron chi connectivity index (χ4n) is 4.20. The Bertz CT molecular complexity index is 665. The van der Waals surface area contributed by atoms with Gasteiger partial charge in [-0.15, -0.1) is 0 Å². The molecule has 1 aromatic carbocycles. The largest absolute Gasteiger partial charge is 0.469 e. The first kappa shape index (κ1) is 25.1. The summed E-state index contributed by atoms with van der Waals surface area (Å²) in [5.41, 5.74) is 1.09. The molecule has 1 heterocycles. The van der Waals surface area contributed by atoms with Crippen molar-refractivity contribution in [1.29, 1.82) is 0 Å². The van der Waals surface area contributed by atoms with E-state index in [1.165, 1.54) is 76.2 Å². The summed E-state index contributed by atoms with van der Waals surface area (Å²) < 4.78 is 4.64. The van der Waals surface area contributed by atoms with E-state index in [1.54, 1.807) is 12.1 Å². The Morgan fingerprint density at radius 2 is 1.06 bits per heavy atom. The molecule has 1 aromatic rings. The second-order valence-electron chi connectivity index (χ2n) is 8.58. The van der Waals surface area contributed by atoms with Crippen LogP contribution in [0, 0.1) is 0 Å². The minimum absolute atomic E-state index is 0.0947. The number of fused-ring (bicyclic) bond motifs is 1. The van der Waals surface area contributed by atoms with Crippen molar-refractivity contribution in [3.63, 3.8) is 0 Å². The quantitative estimate of drug-likeness (QED) is 0.165. The SMILES string of the molecule is COC(=O)CCCCCCCCCCCCCCCCN1C(=O)c2ccccc2C1=O. The van der Waals surface area contributed by atoms with Crippen molar-refractivity contribution in [3.8, 4) is 0 Å². The number of nitrogens with zero attached hydrogens (tertiary/aromatic N) is 1. The highest BCUT2D eigenvalue weighted by atomic mass is 16.5. The predicted octanol–water partition coefficient (Wildman–Crippen LogP) is 6.31. The van der Waals surface area contributed by atoms with E-state index >= 15 is 0 Å². The molecule has 5 heteroatoms. The van der Waals surface area contributed by atoms with E-state index in [1.807, 2.05) is 12.1 Å². The van der Waals surface area contributed by atoms with Crippen LogP contribution in [-0.4, -0.2) is 36.3 Å². The van der Waals surface area contributed by atoms with Gasteiger partial charge in [-0.25, -0.2) is 0 Å². The summed E-state index contributed by atoms with van der Waals surface area (Å²) in [6.07, 6.45) is 17.3. The average Bonchev–Trinajstić information content (AvgIpc) is 3.03. The monoisotopic (exact) mass is 429 g/mol. The Hall–Kier alpha value is -2.17. The van der Waals surface area contributed by atoms with Crippen LogP contribution >= 0.6 is 0 Å². The molecule has 172 valence electrons. The van der Waals surface area contributed by atoms with Gasteiger partial charge in [-0.05, 0) is 25.0 Å². The van der Waals surface area contributed by atoms with Crippen molar-refractivity contribution in [2.24, 2.45) is 0 Å². The number of hydrogen-bond acceptors (Lipinski definition) is 4. The van der Waals surface area contributed by atoms with E-state index in [4.69, 9.17) is 0 Å². The lowest BCUT2D eigenvalue weighted by molar-refractivity contribution is -0.140. The highest BCUT2D eigenvalue weighted by molar-refractivity contribution is 6.21. The Balaban J connectivity index is 1.35. The third kappa shape index (κ3) is 8.84. The van der Waals surface area contributed by atoms with E-state index < -0.39 is 0 Å². The Morgan fingerprint density at radius 3 is 1.48 bits per heavy atom. The number of ether oxygens (including phenoxy) is 1. The minimum Gasteiger partial charge on any atom is -0.469 e. The number of hydrogen-bond donors (Lipinski definition) is 0. The Labute approximate surface area is 187 Å². The summed E-state index contributed by atoms with van der Waals surface area (Å²) >= 11 is 0. The number of carbonyl (C=O) groups is 3. The summed E-state index contributed by atoms with van der Waals surface area (Å²) in [5, 5.41) is 0. The van der Waals surface area contributed by atoms with Gasteiger partial charge in [0.15, 0.2) is 0 Å². The fourth-order valence-corrected chi connectivity index (χ4v) is 4.20. The minimum atomic E-state index is -0.137. The molecule has 0 bridgehead atoms. The molecule has 0 atom stereocenters. The van der Waals surface area contributed by atoms with E-state index in [0.29, 0.717) is 24.1 Å². The fraction of sp³-hybridized carbons (Fsp3) is 0.654. The van der Waals surface area contributed by atoms with Gasteiger partial charge < -0.3 is 4.74 Å². The van der Waals surface area contributed by atoms with Crippen molar-refractivity contribution in [3.05, 3.63) is 35.4 Å². The maximum atomic E-state index is 12.3. The molecule has 0 spiro atoms. The molecule has 0 fully saturated rings. The van der Waals surface area contributed by atoms with Gasteiger partial charge in [0, 0.05) is 13.0 Å². The summed E-state index contributed by atoms with van der Waals surface area (Å²) in [7, 11) is 1.45. The number of esters is 1. The molecule has 1 aliphatic heterocycles. The number of amides is 2. The summed E-state index contributed by atoms with van der Waals surface area (Å²) in [6, 6.07) is 7.10. The van der Waals surface area contributed by atoms with Crippen molar-refractivity contribution >= 4 is 17.8 Å². The van der Waals surface area contributed by atoms with E-state index in [2.05, 4.69) is 4.74 Å². The third-order valence-electron chi connectivity index (χ3n) is 6.12. The third-order valence-corrected chi connectivity index (χ3v) is 6.12. The zero-order valence-corrected chi connectivity index (χ0v) is 19.2. The molecule has 2 amide bonds. The van der Waals surface area contributed by atoms with Gasteiger partial charge in [0.05, 0.1) is 18.2 Å². The molecule has 2 rings (SSSR count). The highest BCUT2D eigenvalue weighted by Gasteiger charge is 2.34. The standard InChI is InChI=1S/C26H39NO4/c1-31-24(28)20-14-12-10-8-6-4-2-3-5-7-9-11-13-17-21-27-25(29)22-18-15-16-19-23(22)26(27)30/h15-16,18-19H,2-14,17,20-21H2,1H3. The lowest BCUT2D eigenvalue weighted by Gasteiger charge is -2.13. The maximum absolute atomic E-state index is 12.3. The molecule has 0 N–H and O–H groups in total. The number of carbonyl (C=O) groups excluding carboxylic acids is 3. The van der Waals surface area contributed by atoms with Crippen molar-refractivity contribution in [1.82, 2.24) is 4.90 Å². The van der Waals surface area contributed by atoms with Crippen LogP contribution in [0.1, 0.15) is 117 Å². The van der Waals surface area contributed by atoms with Crippen molar-refractivity contribution in [2.45, 2.75) is 96.3 Å². The smallest absolute Gasteiger partial charge is 0.305 e. The molecule has 0 aliphatic carbocycles. The van der Waals surface area contributed by atoms with Crippen LogP contribution < -0.4 is 0 Å². The lowest BCUT2D eigenvalue weighted by atomic mass is 10.0. The van der Waals surface area contributed by atoms with Crippen LogP contribution in [0.2, 0.25) is 0 Å². The summed E-state index contributed by atoms with van der Waals surface area (Å²) in [4.78, 5) is 37.0. The molecule has 0 aromatic heterocycles. The Kier molecular flexibility index (Phi) is 12.0. The van der Waals surface area contributed by atoms with E-state index in [0.717, 1.165) is 25.7 Å². The molecule has 5 nitrogen and oxygen atoms in total. The molecule has 0 radical (unpaired) electrons. The molecule has 1 aliphatic rings. The first-order chi connectivity index (χ1) is 15.1. The molecule has 0 saturated heterocycles. The van der Waals surface area contributed by atoms with Crippen LogP contribution in [0.4, 0.5) is 0 Å². The van der Waals surface area contributed by atoms with Crippen LogP contribution in [-0.2, 0) is 9.53 Å². The molecular formula is C26H39NO4. The van der Waals surface area contributed by atoms with Gasteiger partial charge >= 0.3 is 5.97 Å².